The topological polar surface area (TPSA) is 40.5 Å². The first-order chi connectivity index (χ1) is 9.56. The Kier molecular flexibility index (Phi) is 3.22. The van der Waals surface area contributed by atoms with Crippen molar-refractivity contribution in [2.24, 2.45) is 0 Å². The van der Waals surface area contributed by atoms with Crippen molar-refractivity contribution in [1.82, 2.24) is 0 Å². The van der Waals surface area contributed by atoms with E-state index in [-0.39, 0.29) is 11.4 Å². The van der Waals surface area contributed by atoms with Gasteiger partial charge in [-0.2, -0.15) is 0 Å². The van der Waals surface area contributed by atoms with Crippen molar-refractivity contribution in [3.63, 3.8) is 0 Å². The molecule has 0 amide bonds. The van der Waals surface area contributed by atoms with Gasteiger partial charge in [0.15, 0.2) is 0 Å². The van der Waals surface area contributed by atoms with Crippen LogP contribution in [0.5, 0.6) is 0 Å². The molecular formula is C15H11BrFNO2. The van der Waals surface area contributed by atoms with Gasteiger partial charge in [0, 0.05) is 16.7 Å². The van der Waals surface area contributed by atoms with E-state index in [2.05, 4.69) is 15.9 Å². The number of rotatable bonds is 2. The normalized spacial score (nSPS) is 13.4. The van der Waals surface area contributed by atoms with E-state index in [1.54, 1.807) is 24.3 Å². The highest BCUT2D eigenvalue weighted by Gasteiger charge is 2.24. The Labute approximate surface area is 123 Å². The summed E-state index contributed by atoms with van der Waals surface area (Å²) in [5, 5.41) is 9.33. The van der Waals surface area contributed by atoms with Gasteiger partial charge in [-0.3, -0.25) is 0 Å². The van der Waals surface area contributed by atoms with E-state index < -0.39 is 5.97 Å². The number of benzene rings is 2. The number of aromatic carboxylic acids is 1. The molecule has 1 N–H and O–H groups in total. The van der Waals surface area contributed by atoms with Gasteiger partial charge in [-0.25, -0.2) is 9.18 Å². The average molecular weight is 336 g/mol. The second-order valence-corrected chi connectivity index (χ2v) is 5.56. The number of hydrogen-bond donors (Lipinski definition) is 1. The molecule has 20 heavy (non-hydrogen) atoms. The minimum absolute atomic E-state index is 0.205. The molecule has 0 radical (unpaired) electrons. The standard InChI is InChI=1S/C15H11BrFNO2/c16-10-2-4-13(12(7-10)15(19)20)18-6-5-9-1-3-11(17)8-14(9)18/h1-4,7-8H,5-6H2,(H,19,20). The van der Waals surface area contributed by atoms with Crippen LogP contribution in [0.3, 0.4) is 0 Å². The summed E-state index contributed by atoms with van der Waals surface area (Å²) in [7, 11) is 0. The van der Waals surface area contributed by atoms with Gasteiger partial charge in [-0.1, -0.05) is 22.0 Å². The van der Waals surface area contributed by atoms with Gasteiger partial charge in [0.1, 0.15) is 5.82 Å². The molecule has 0 unspecified atom stereocenters. The third-order valence-corrected chi connectivity index (χ3v) is 3.92. The second-order valence-electron chi connectivity index (χ2n) is 4.64. The van der Waals surface area contributed by atoms with Crippen molar-refractivity contribution >= 4 is 33.3 Å². The van der Waals surface area contributed by atoms with Crippen molar-refractivity contribution in [1.29, 1.82) is 0 Å². The van der Waals surface area contributed by atoms with E-state index in [0.29, 0.717) is 16.7 Å². The maximum absolute atomic E-state index is 13.4. The van der Waals surface area contributed by atoms with E-state index in [9.17, 15) is 14.3 Å². The summed E-state index contributed by atoms with van der Waals surface area (Å²) in [4.78, 5) is 13.2. The summed E-state index contributed by atoms with van der Waals surface area (Å²) < 4.78 is 14.1. The molecule has 2 aromatic rings. The minimum Gasteiger partial charge on any atom is -0.478 e. The van der Waals surface area contributed by atoms with Crippen LogP contribution in [0, 0.1) is 5.82 Å². The molecule has 5 heteroatoms. The molecule has 0 aliphatic carbocycles. The lowest BCUT2D eigenvalue weighted by molar-refractivity contribution is 0.0697. The van der Waals surface area contributed by atoms with E-state index in [0.717, 1.165) is 17.7 Å². The summed E-state index contributed by atoms with van der Waals surface area (Å²) in [6.07, 6.45) is 0.782. The van der Waals surface area contributed by atoms with Crippen LogP contribution in [-0.2, 0) is 6.42 Å². The molecule has 1 heterocycles. The zero-order chi connectivity index (χ0) is 14.3. The fourth-order valence-corrected chi connectivity index (χ4v) is 2.88. The van der Waals surface area contributed by atoms with E-state index in [4.69, 9.17) is 0 Å². The Hall–Kier alpha value is -1.88. The molecule has 0 saturated heterocycles. The molecule has 0 atom stereocenters. The molecule has 0 saturated carbocycles. The van der Waals surface area contributed by atoms with Crippen molar-refractivity contribution < 1.29 is 14.3 Å². The second kappa shape index (κ2) is 4.90. The van der Waals surface area contributed by atoms with Gasteiger partial charge in [0.25, 0.3) is 0 Å². The summed E-state index contributed by atoms with van der Waals surface area (Å²) in [6, 6.07) is 9.74. The summed E-state index contributed by atoms with van der Waals surface area (Å²) in [5.74, 6) is -1.31. The maximum atomic E-state index is 13.4. The van der Waals surface area contributed by atoms with Gasteiger partial charge in [0.2, 0.25) is 0 Å². The Morgan fingerprint density at radius 2 is 2.00 bits per heavy atom. The number of carbonyl (C=O) groups is 1. The number of carboxylic acid groups (broad SMARTS) is 1. The fraction of sp³-hybridized carbons (Fsp3) is 0.133. The molecule has 3 nitrogen and oxygen atoms in total. The molecule has 0 fully saturated rings. The molecule has 102 valence electrons. The Bertz CT molecular complexity index is 702. The molecule has 0 aromatic heterocycles. The van der Waals surface area contributed by atoms with Gasteiger partial charge >= 0.3 is 5.97 Å². The summed E-state index contributed by atoms with van der Waals surface area (Å²) in [6.45, 7) is 0.653. The van der Waals surface area contributed by atoms with E-state index >= 15 is 0 Å². The Morgan fingerprint density at radius 1 is 1.20 bits per heavy atom. The van der Waals surface area contributed by atoms with Crippen LogP contribution in [0.1, 0.15) is 15.9 Å². The van der Waals surface area contributed by atoms with Crippen molar-refractivity contribution in [3.05, 3.63) is 57.8 Å². The summed E-state index contributed by atoms with van der Waals surface area (Å²) >= 11 is 3.27. The van der Waals surface area contributed by atoms with E-state index in [1.165, 1.54) is 12.1 Å². The van der Waals surface area contributed by atoms with Crippen molar-refractivity contribution in [2.45, 2.75) is 6.42 Å². The monoisotopic (exact) mass is 335 g/mol. The summed E-state index contributed by atoms with van der Waals surface area (Å²) in [5.41, 5.74) is 2.57. The highest BCUT2D eigenvalue weighted by molar-refractivity contribution is 9.10. The van der Waals surface area contributed by atoms with Crippen LogP contribution in [0.15, 0.2) is 40.9 Å². The molecular weight excluding hydrogens is 325 g/mol. The number of hydrogen-bond acceptors (Lipinski definition) is 2. The van der Waals surface area contributed by atoms with Crippen LogP contribution >= 0.6 is 15.9 Å². The first kappa shape index (κ1) is 13.1. The smallest absolute Gasteiger partial charge is 0.337 e. The lowest BCUT2D eigenvalue weighted by atomic mass is 10.1. The minimum atomic E-state index is -0.994. The number of fused-ring (bicyclic) bond motifs is 1. The molecule has 0 spiro atoms. The van der Waals surface area contributed by atoms with Crippen LogP contribution < -0.4 is 4.90 Å². The lowest BCUT2D eigenvalue weighted by Gasteiger charge is -2.21. The van der Waals surface area contributed by atoms with Gasteiger partial charge in [0.05, 0.1) is 11.3 Å². The average Bonchev–Trinajstić information content (AvgIpc) is 2.81. The lowest BCUT2D eigenvalue weighted by Crippen LogP contribution is -2.17. The Balaban J connectivity index is 2.13. The largest absolute Gasteiger partial charge is 0.478 e. The van der Waals surface area contributed by atoms with E-state index in [1.807, 2.05) is 4.90 Å². The molecule has 2 aromatic carbocycles. The number of anilines is 2. The van der Waals surface area contributed by atoms with Crippen LogP contribution in [0.25, 0.3) is 0 Å². The zero-order valence-electron chi connectivity index (χ0n) is 10.4. The number of nitrogens with zero attached hydrogens (tertiary/aromatic N) is 1. The number of halogens is 2. The predicted octanol–water partition coefficient (Wildman–Crippen LogP) is 3.98. The SMILES string of the molecule is O=C(O)c1cc(Br)ccc1N1CCc2ccc(F)cc21. The molecule has 1 aliphatic heterocycles. The third-order valence-electron chi connectivity index (χ3n) is 3.42. The first-order valence-electron chi connectivity index (χ1n) is 6.15. The molecule has 3 rings (SSSR count). The third kappa shape index (κ3) is 2.18. The van der Waals surface area contributed by atoms with Gasteiger partial charge in [-0.15, -0.1) is 0 Å². The predicted molar refractivity (Wildman–Crippen MR) is 78.2 cm³/mol. The zero-order valence-corrected chi connectivity index (χ0v) is 12.0. The highest BCUT2D eigenvalue weighted by Crippen LogP contribution is 2.37. The highest BCUT2D eigenvalue weighted by atomic mass is 79.9. The Morgan fingerprint density at radius 3 is 2.75 bits per heavy atom. The molecule has 0 bridgehead atoms. The molecule has 1 aliphatic rings. The van der Waals surface area contributed by atoms with Crippen molar-refractivity contribution in [2.75, 3.05) is 11.4 Å². The quantitative estimate of drug-likeness (QED) is 0.902. The fourth-order valence-electron chi connectivity index (χ4n) is 2.52. The van der Waals surface area contributed by atoms with Crippen molar-refractivity contribution in [3.8, 4) is 0 Å². The van der Waals surface area contributed by atoms with Crippen LogP contribution in [-0.4, -0.2) is 17.6 Å². The van der Waals surface area contributed by atoms with Crippen LogP contribution in [0.2, 0.25) is 0 Å². The van der Waals surface area contributed by atoms with Gasteiger partial charge < -0.3 is 10.0 Å². The first-order valence-corrected chi connectivity index (χ1v) is 6.94. The maximum Gasteiger partial charge on any atom is 0.337 e. The number of carboxylic acids is 1. The van der Waals surface area contributed by atoms with Gasteiger partial charge in [-0.05, 0) is 42.3 Å². The van der Waals surface area contributed by atoms with Crippen LogP contribution in [0.4, 0.5) is 15.8 Å².